The number of ether oxygens (including phenoxy) is 1. The Morgan fingerprint density at radius 1 is 1.38 bits per heavy atom. The van der Waals surface area contributed by atoms with Crippen molar-refractivity contribution in [1.29, 1.82) is 0 Å². The maximum absolute atomic E-state index is 12.1. The van der Waals surface area contributed by atoms with Crippen LogP contribution in [0, 0.1) is 5.92 Å². The number of carbonyl (C=O) groups excluding carboxylic acids is 1. The van der Waals surface area contributed by atoms with Crippen LogP contribution in [-0.2, 0) is 9.53 Å². The van der Waals surface area contributed by atoms with Crippen LogP contribution in [0.5, 0.6) is 0 Å². The van der Waals surface area contributed by atoms with Crippen LogP contribution in [0.3, 0.4) is 0 Å². The van der Waals surface area contributed by atoms with Gasteiger partial charge < -0.3 is 9.26 Å². The summed E-state index contributed by atoms with van der Waals surface area (Å²) in [6, 6.07) is 0. The first-order valence-electron chi connectivity index (χ1n) is 7.40. The minimum absolute atomic E-state index is 0.247. The number of hydrogen-bond donors (Lipinski definition) is 0. The summed E-state index contributed by atoms with van der Waals surface area (Å²) in [5.41, 5.74) is 0. The SMILES string of the molecule is COC(=O)C(c1nc(C2CSCCS2)no1)C1CCCC1. The van der Waals surface area contributed by atoms with Crippen molar-refractivity contribution in [2.45, 2.75) is 36.9 Å². The summed E-state index contributed by atoms with van der Waals surface area (Å²) in [5.74, 6) is 4.12. The normalized spacial score (nSPS) is 24.9. The largest absolute Gasteiger partial charge is 0.468 e. The molecular weight excluding hydrogens is 308 g/mol. The number of hydrogen-bond acceptors (Lipinski definition) is 7. The molecule has 2 unspecified atom stereocenters. The Labute approximate surface area is 133 Å². The summed E-state index contributed by atoms with van der Waals surface area (Å²) in [5, 5.41) is 4.40. The number of esters is 1. The predicted molar refractivity (Wildman–Crippen MR) is 83.5 cm³/mol. The smallest absolute Gasteiger partial charge is 0.318 e. The fourth-order valence-corrected chi connectivity index (χ4v) is 5.64. The number of carbonyl (C=O) groups is 1. The van der Waals surface area contributed by atoms with Crippen LogP contribution in [0.4, 0.5) is 0 Å². The molecular formula is C14H20N2O3S2. The highest BCUT2D eigenvalue weighted by atomic mass is 32.2. The monoisotopic (exact) mass is 328 g/mol. The number of rotatable bonds is 4. The van der Waals surface area contributed by atoms with Crippen LogP contribution >= 0.6 is 23.5 Å². The Bertz CT molecular complexity index is 482. The summed E-state index contributed by atoms with van der Waals surface area (Å²) < 4.78 is 10.4. The zero-order valence-electron chi connectivity index (χ0n) is 12.1. The zero-order chi connectivity index (χ0) is 14.7. The Morgan fingerprint density at radius 3 is 2.86 bits per heavy atom. The highest BCUT2D eigenvalue weighted by Crippen LogP contribution is 2.39. The van der Waals surface area contributed by atoms with E-state index in [-0.39, 0.29) is 23.1 Å². The van der Waals surface area contributed by atoms with Crippen molar-refractivity contribution < 1.29 is 14.1 Å². The van der Waals surface area contributed by atoms with Crippen LogP contribution in [0.1, 0.15) is 48.6 Å². The average molecular weight is 328 g/mol. The van der Waals surface area contributed by atoms with E-state index in [1.165, 1.54) is 12.9 Å². The van der Waals surface area contributed by atoms with Gasteiger partial charge in [-0.05, 0) is 18.8 Å². The molecule has 7 heteroatoms. The lowest BCUT2D eigenvalue weighted by Crippen LogP contribution is -2.22. The van der Waals surface area contributed by atoms with Crippen molar-refractivity contribution in [3.8, 4) is 0 Å². The average Bonchev–Trinajstić information content (AvgIpc) is 3.20. The van der Waals surface area contributed by atoms with Gasteiger partial charge in [0, 0.05) is 17.3 Å². The van der Waals surface area contributed by atoms with E-state index in [9.17, 15) is 4.79 Å². The molecule has 1 aromatic rings. The second-order valence-electron chi connectivity index (χ2n) is 5.47. The summed E-state index contributed by atoms with van der Waals surface area (Å²) >= 11 is 3.78. The van der Waals surface area contributed by atoms with Crippen molar-refractivity contribution in [3.63, 3.8) is 0 Å². The number of thioether (sulfide) groups is 2. The molecule has 116 valence electrons. The molecule has 2 aliphatic rings. The van der Waals surface area contributed by atoms with Gasteiger partial charge in [0.15, 0.2) is 5.82 Å². The molecule has 1 saturated heterocycles. The summed E-state index contributed by atoms with van der Waals surface area (Å²) in [6.07, 6.45) is 4.39. The molecule has 0 radical (unpaired) electrons. The molecule has 0 aromatic carbocycles. The maximum atomic E-state index is 12.1. The highest BCUT2D eigenvalue weighted by molar-refractivity contribution is 8.06. The number of nitrogens with zero attached hydrogens (tertiary/aromatic N) is 2. The minimum atomic E-state index is -0.389. The van der Waals surface area contributed by atoms with Gasteiger partial charge in [0.1, 0.15) is 5.92 Å². The quantitative estimate of drug-likeness (QED) is 0.787. The second kappa shape index (κ2) is 7.05. The Morgan fingerprint density at radius 2 is 2.19 bits per heavy atom. The van der Waals surface area contributed by atoms with Gasteiger partial charge in [0.25, 0.3) is 0 Å². The van der Waals surface area contributed by atoms with E-state index in [1.54, 1.807) is 0 Å². The van der Waals surface area contributed by atoms with Crippen LogP contribution in [-0.4, -0.2) is 40.5 Å². The number of methoxy groups -OCH3 is 1. The first-order valence-corrected chi connectivity index (χ1v) is 9.60. The molecule has 0 bridgehead atoms. The molecule has 5 nitrogen and oxygen atoms in total. The van der Waals surface area contributed by atoms with Gasteiger partial charge in [0.05, 0.1) is 12.4 Å². The van der Waals surface area contributed by atoms with Gasteiger partial charge in [-0.2, -0.15) is 16.7 Å². The van der Waals surface area contributed by atoms with Gasteiger partial charge in [-0.1, -0.05) is 18.0 Å². The number of aromatic nitrogens is 2. The first kappa shape index (κ1) is 15.2. The van der Waals surface area contributed by atoms with E-state index in [0.29, 0.717) is 5.89 Å². The molecule has 0 N–H and O–H groups in total. The molecule has 1 aliphatic heterocycles. The molecule has 1 aliphatic carbocycles. The summed E-state index contributed by atoms with van der Waals surface area (Å²) in [6.45, 7) is 0. The van der Waals surface area contributed by atoms with E-state index < -0.39 is 0 Å². The van der Waals surface area contributed by atoms with Crippen LogP contribution in [0.15, 0.2) is 4.52 Å². The Hall–Kier alpha value is -0.690. The van der Waals surface area contributed by atoms with E-state index in [0.717, 1.165) is 43.0 Å². The topological polar surface area (TPSA) is 65.2 Å². The van der Waals surface area contributed by atoms with Gasteiger partial charge in [-0.3, -0.25) is 4.79 Å². The minimum Gasteiger partial charge on any atom is -0.468 e. The summed E-state index contributed by atoms with van der Waals surface area (Å²) in [7, 11) is 1.43. The lowest BCUT2D eigenvalue weighted by molar-refractivity contribution is -0.144. The molecule has 0 amide bonds. The molecule has 0 spiro atoms. The van der Waals surface area contributed by atoms with E-state index in [4.69, 9.17) is 9.26 Å². The Kier molecular flexibility index (Phi) is 5.11. The van der Waals surface area contributed by atoms with Crippen molar-refractivity contribution >= 4 is 29.5 Å². The summed E-state index contributed by atoms with van der Waals surface area (Å²) in [4.78, 5) is 16.7. The third-order valence-electron chi connectivity index (χ3n) is 4.15. The Balaban J connectivity index is 1.78. The molecule has 1 aromatic heterocycles. The molecule has 2 heterocycles. The van der Waals surface area contributed by atoms with Crippen LogP contribution in [0.25, 0.3) is 0 Å². The lowest BCUT2D eigenvalue weighted by Gasteiger charge is -2.18. The lowest BCUT2D eigenvalue weighted by atomic mass is 9.91. The molecule has 3 rings (SSSR count). The van der Waals surface area contributed by atoms with E-state index in [2.05, 4.69) is 10.1 Å². The van der Waals surface area contributed by atoms with Crippen LogP contribution < -0.4 is 0 Å². The van der Waals surface area contributed by atoms with Crippen molar-refractivity contribution in [2.24, 2.45) is 5.92 Å². The van der Waals surface area contributed by atoms with Crippen LogP contribution in [0.2, 0.25) is 0 Å². The third-order valence-corrected chi connectivity index (χ3v) is 6.90. The standard InChI is InChI=1S/C14H20N2O3S2/c1-18-14(17)11(9-4-2-3-5-9)13-15-12(16-19-13)10-8-20-6-7-21-10/h9-11H,2-8H2,1H3. The fraction of sp³-hybridized carbons (Fsp3) is 0.786. The molecule has 1 saturated carbocycles. The third kappa shape index (κ3) is 3.39. The van der Waals surface area contributed by atoms with Crippen molar-refractivity contribution in [2.75, 3.05) is 24.4 Å². The van der Waals surface area contributed by atoms with Gasteiger partial charge in [0.2, 0.25) is 5.89 Å². The first-order chi connectivity index (χ1) is 10.3. The fourth-order valence-electron chi connectivity index (χ4n) is 3.05. The van der Waals surface area contributed by atoms with Gasteiger partial charge in [-0.15, -0.1) is 11.8 Å². The van der Waals surface area contributed by atoms with Crippen molar-refractivity contribution in [1.82, 2.24) is 10.1 Å². The van der Waals surface area contributed by atoms with Gasteiger partial charge >= 0.3 is 5.97 Å². The molecule has 21 heavy (non-hydrogen) atoms. The predicted octanol–water partition coefficient (Wildman–Crippen LogP) is 3.04. The molecule has 2 fully saturated rings. The highest BCUT2D eigenvalue weighted by Gasteiger charge is 2.37. The van der Waals surface area contributed by atoms with Gasteiger partial charge in [-0.25, -0.2) is 0 Å². The van der Waals surface area contributed by atoms with E-state index >= 15 is 0 Å². The maximum Gasteiger partial charge on any atom is 0.318 e. The van der Waals surface area contributed by atoms with E-state index in [1.807, 2.05) is 23.5 Å². The second-order valence-corrected chi connectivity index (χ2v) is 7.93. The molecule has 2 atom stereocenters. The van der Waals surface area contributed by atoms with Crippen molar-refractivity contribution in [3.05, 3.63) is 11.7 Å². The zero-order valence-corrected chi connectivity index (χ0v) is 13.8.